The van der Waals surface area contributed by atoms with Crippen molar-refractivity contribution in [2.45, 2.75) is 61.9 Å². The first-order valence-corrected chi connectivity index (χ1v) is 11.1. The Hall–Kier alpha value is -1.67. The van der Waals surface area contributed by atoms with Crippen LogP contribution < -0.4 is 11.2 Å². The molecular formula is C19H25N5O2S. The summed E-state index contributed by atoms with van der Waals surface area (Å²) in [5, 5.41) is 1.24. The molecule has 8 heteroatoms. The minimum atomic E-state index is -0.352. The summed E-state index contributed by atoms with van der Waals surface area (Å²) in [6, 6.07) is 0.171. The summed E-state index contributed by atoms with van der Waals surface area (Å²) in [6.45, 7) is 3.34. The Balaban J connectivity index is 1.51. The zero-order chi connectivity index (χ0) is 18.4. The molecule has 144 valence electrons. The lowest BCUT2D eigenvalue weighted by molar-refractivity contribution is 0.242. The van der Waals surface area contributed by atoms with Crippen molar-refractivity contribution in [2.75, 3.05) is 25.4 Å². The van der Waals surface area contributed by atoms with E-state index in [1.807, 2.05) is 0 Å². The molecule has 1 N–H and O–H groups in total. The molecule has 1 aliphatic heterocycles. The summed E-state index contributed by atoms with van der Waals surface area (Å²) in [7, 11) is 0. The summed E-state index contributed by atoms with van der Waals surface area (Å²) < 4.78 is 1.69. The summed E-state index contributed by atoms with van der Waals surface area (Å²) in [5.41, 5.74) is -0.141. The van der Waals surface area contributed by atoms with Crippen molar-refractivity contribution < 1.29 is 0 Å². The van der Waals surface area contributed by atoms with Gasteiger partial charge in [0.1, 0.15) is 16.2 Å². The van der Waals surface area contributed by atoms with Crippen LogP contribution in [0.4, 0.5) is 0 Å². The highest BCUT2D eigenvalue weighted by Gasteiger charge is 2.32. The molecule has 0 bridgehead atoms. The molecule has 0 unspecified atom stereocenters. The van der Waals surface area contributed by atoms with Crippen LogP contribution in [0.2, 0.25) is 0 Å². The van der Waals surface area contributed by atoms with E-state index in [1.165, 1.54) is 32.4 Å². The Labute approximate surface area is 161 Å². The van der Waals surface area contributed by atoms with Gasteiger partial charge in [0.25, 0.3) is 5.56 Å². The molecule has 2 aromatic heterocycles. The van der Waals surface area contributed by atoms with Gasteiger partial charge in [-0.15, -0.1) is 11.8 Å². The monoisotopic (exact) mass is 387 g/mol. The number of hydrogen-bond donors (Lipinski definition) is 1. The Morgan fingerprint density at radius 1 is 1.04 bits per heavy atom. The summed E-state index contributed by atoms with van der Waals surface area (Å²) in [5.74, 6) is 2.10. The van der Waals surface area contributed by atoms with Gasteiger partial charge in [0, 0.05) is 24.3 Å². The number of rotatable bonds is 6. The summed E-state index contributed by atoms with van der Waals surface area (Å²) in [6.07, 6.45) is 8.03. The Morgan fingerprint density at radius 3 is 2.52 bits per heavy atom. The van der Waals surface area contributed by atoms with Gasteiger partial charge in [0.15, 0.2) is 5.65 Å². The van der Waals surface area contributed by atoms with Crippen molar-refractivity contribution in [3.05, 3.63) is 26.7 Å². The fourth-order valence-electron chi connectivity index (χ4n) is 3.89. The zero-order valence-electron chi connectivity index (χ0n) is 15.4. The van der Waals surface area contributed by atoms with Crippen LogP contribution in [0.1, 0.15) is 62.7 Å². The van der Waals surface area contributed by atoms with E-state index < -0.39 is 0 Å². The lowest BCUT2D eigenvalue weighted by atomic mass is 10.1. The van der Waals surface area contributed by atoms with Gasteiger partial charge in [0.05, 0.1) is 0 Å². The molecule has 2 aromatic rings. The second kappa shape index (κ2) is 7.05. The van der Waals surface area contributed by atoms with E-state index in [9.17, 15) is 9.59 Å². The summed E-state index contributed by atoms with van der Waals surface area (Å²) in [4.78, 5) is 39.4. The van der Waals surface area contributed by atoms with Gasteiger partial charge in [-0.1, -0.05) is 6.42 Å². The number of aromatic nitrogens is 4. The van der Waals surface area contributed by atoms with Crippen LogP contribution in [0.5, 0.6) is 0 Å². The maximum absolute atomic E-state index is 12.6. The van der Waals surface area contributed by atoms with E-state index in [0.29, 0.717) is 17.0 Å². The number of aromatic amines is 1. The predicted molar refractivity (Wildman–Crippen MR) is 106 cm³/mol. The number of thioether (sulfide) groups is 1. The summed E-state index contributed by atoms with van der Waals surface area (Å²) >= 11 is 1.64. The molecule has 3 heterocycles. The quantitative estimate of drug-likeness (QED) is 0.605. The number of nitrogens with zero attached hydrogens (tertiary/aromatic N) is 4. The Morgan fingerprint density at radius 2 is 1.81 bits per heavy atom. The van der Waals surface area contributed by atoms with Gasteiger partial charge in [-0.05, 0) is 51.6 Å². The van der Waals surface area contributed by atoms with E-state index in [4.69, 9.17) is 4.98 Å². The van der Waals surface area contributed by atoms with Crippen LogP contribution in [0.25, 0.3) is 11.0 Å². The largest absolute Gasteiger partial charge is 0.330 e. The number of H-pyrrole nitrogens is 1. The van der Waals surface area contributed by atoms with Crippen LogP contribution >= 0.6 is 11.8 Å². The SMILES string of the molecule is O=c1[nH]c(=O)n(C2CC2)c2nc(C3CC3)nc(SCCN3CCCCC3)c12. The number of likely N-dealkylation sites (tertiary alicyclic amines) is 1. The highest BCUT2D eigenvalue weighted by atomic mass is 32.2. The van der Waals surface area contributed by atoms with Crippen molar-refractivity contribution in [1.82, 2.24) is 24.4 Å². The maximum atomic E-state index is 12.6. The number of nitrogens with one attached hydrogen (secondary N) is 1. The Kier molecular flexibility index (Phi) is 4.55. The van der Waals surface area contributed by atoms with Gasteiger partial charge in [-0.2, -0.15) is 0 Å². The third-order valence-corrected chi connectivity index (χ3v) is 6.67. The standard InChI is InChI=1S/C19H25N5O2S/c25-17-14-16(24(13-6-7-13)19(26)22-17)20-15(12-4-5-12)21-18(14)27-11-10-23-8-2-1-3-9-23/h12-13H,1-11H2,(H,22,25,26). The maximum Gasteiger partial charge on any atom is 0.330 e. The molecule has 3 fully saturated rings. The van der Waals surface area contributed by atoms with Gasteiger partial charge >= 0.3 is 5.69 Å². The van der Waals surface area contributed by atoms with Crippen molar-refractivity contribution in [3.63, 3.8) is 0 Å². The van der Waals surface area contributed by atoms with E-state index in [2.05, 4.69) is 14.9 Å². The van der Waals surface area contributed by atoms with Crippen molar-refractivity contribution >= 4 is 22.8 Å². The first kappa shape index (κ1) is 17.4. The van der Waals surface area contributed by atoms with Crippen LogP contribution in [0.15, 0.2) is 14.6 Å². The van der Waals surface area contributed by atoms with Gasteiger partial charge in [-0.3, -0.25) is 14.3 Å². The minimum Gasteiger partial charge on any atom is -0.303 e. The second-order valence-electron chi connectivity index (χ2n) is 7.97. The molecule has 0 aromatic carbocycles. The van der Waals surface area contributed by atoms with Crippen LogP contribution in [0, 0.1) is 0 Å². The van der Waals surface area contributed by atoms with Crippen molar-refractivity contribution in [2.24, 2.45) is 0 Å². The van der Waals surface area contributed by atoms with Crippen LogP contribution in [0.3, 0.4) is 0 Å². The number of fused-ring (bicyclic) bond motifs is 1. The van der Waals surface area contributed by atoms with E-state index in [1.54, 1.807) is 16.3 Å². The lowest BCUT2D eigenvalue weighted by Gasteiger charge is -2.26. The average molecular weight is 388 g/mol. The van der Waals surface area contributed by atoms with E-state index in [-0.39, 0.29) is 17.3 Å². The van der Waals surface area contributed by atoms with Gasteiger partial charge < -0.3 is 4.90 Å². The smallest absolute Gasteiger partial charge is 0.303 e. The molecule has 5 rings (SSSR count). The molecule has 2 saturated carbocycles. The van der Waals surface area contributed by atoms with E-state index >= 15 is 0 Å². The van der Waals surface area contributed by atoms with E-state index in [0.717, 1.165) is 48.8 Å². The fraction of sp³-hybridized carbons (Fsp3) is 0.684. The topological polar surface area (TPSA) is 83.9 Å². The van der Waals surface area contributed by atoms with Gasteiger partial charge in [-0.25, -0.2) is 14.8 Å². The molecule has 2 aliphatic carbocycles. The zero-order valence-corrected chi connectivity index (χ0v) is 16.3. The third kappa shape index (κ3) is 3.57. The first-order valence-electron chi connectivity index (χ1n) is 10.1. The van der Waals surface area contributed by atoms with Crippen LogP contribution in [-0.4, -0.2) is 49.8 Å². The second-order valence-corrected chi connectivity index (χ2v) is 9.05. The molecule has 0 amide bonds. The number of hydrogen-bond acceptors (Lipinski definition) is 6. The number of piperidine rings is 1. The molecule has 3 aliphatic rings. The minimum absolute atomic E-state index is 0.171. The molecule has 7 nitrogen and oxygen atoms in total. The third-order valence-electron chi connectivity index (χ3n) is 5.72. The van der Waals surface area contributed by atoms with Gasteiger partial charge in [0.2, 0.25) is 0 Å². The first-order chi connectivity index (χ1) is 13.2. The fourth-order valence-corrected chi connectivity index (χ4v) is 4.92. The molecular weight excluding hydrogens is 362 g/mol. The van der Waals surface area contributed by atoms with Crippen LogP contribution in [-0.2, 0) is 0 Å². The Bertz CT molecular complexity index is 970. The van der Waals surface area contributed by atoms with Crippen molar-refractivity contribution in [1.29, 1.82) is 0 Å². The highest BCUT2D eigenvalue weighted by molar-refractivity contribution is 7.99. The molecule has 1 saturated heterocycles. The lowest BCUT2D eigenvalue weighted by Crippen LogP contribution is -2.32. The highest BCUT2D eigenvalue weighted by Crippen LogP contribution is 2.40. The molecule has 0 atom stereocenters. The molecule has 0 radical (unpaired) electrons. The van der Waals surface area contributed by atoms with Crippen molar-refractivity contribution in [3.8, 4) is 0 Å². The predicted octanol–water partition coefficient (Wildman–Crippen LogP) is 2.27. The average Bonchev–Trinajstić information content (AvgIpc) is 3.55. The normalized spacial score (nSPS) is 21.0. The molecule has 0 spiro atoms. The molecule has 27 heavy (non-hydrogen) atoms.